The Balaban J connectivity index is 1.89. The number of amides is 2. The number of methoxy groups -OCH3 is 3. The Kier molecular flexibility index (Phi) is 6.44. The second kappa shape index (κ2) is 9.21. The van der Waals surface area contributed by atoms with E-state index in [0.29, 0.717) is 39.9 Å². The first kappa shape index (κ1) is 21.7. The number of aryl methyl sites for hydroxylation is 2. The van der Waals surface area contributed by atoms with Crippen LogP contribution in [-0.4, -0.2) is 43.3 Å². The van der Waals surface area contributed by atoms with Gasteiger partial charge in [-0.3, -0.25) is 14.7 Å². The van der Waals surface area contributed by atoms with Crippen molar-refractivity contribution < 1.29 is 23.8 Å². The number of nitrogens with one attached hydrogen (secondary N) is 3. The first-order valence-electron chi connectivity index (χ1n) is 9.42. The monoisotopic (exact) mass is 424 g/mol. The zero-order valence-electron chi connectivity index (χ0n) is 18.0. The number of benzene rings is 2. The van der Waals surface area contributed by atoms with Crippen molar-refractivity contribution in [3.63, 3.8) is 0 Å². The molecule has 0 bridgehead atoms. The predicted octanol–water partition coefficient (Wildman–Crippen LogP) is 3.56. The molecule has 2 amide bonds. The Labute approximate surface area is 179 Å². The van der Waals surface area contributed by atoms with Gasteiger partial charge in [-0.15, -0.1) is 0 Å². The quantitative estimate of drug-likeness (QED) is 0.534. The molecule has 0 aliphatic rings. The fourth-order valence-electron chi connectivity index (χ4n) is 3.11. The largest absolute Gasteiger partial charge is 0.493 e. The summed E-state index contributed by atoms with van der Waals surface area (Å²) < 4.78 is 15.9. The van der Waals surface area contributed by atoms with Gasteiger partial charge in [-0.2, -0.15) is 5.10 Å². The van der Waals surface area contributed by atoms with Gasteiger partial charge in [0.1, 0.15) is 0 Å². The van der Waals surface area contributed by atoms with Crippen molar-refractivity contribution in [1.82, 2.24) is 10.2 Å². The molecule has 3 aromatic rings. The molecule has 0 atom stereocenters. The highest BCUT2D eigenvalue weighted by atomic mass is 16.5. The molecule has 2 aromatic carbocycles. The summed E-state index contributed by atoms with van der Waals surface area (Å²) in [4.78, 5) is 25.8. The molecule has 3 rings (SSSR count). The second-order valence-electron chi connectivity index (χ2n) is 6.68. The van der Waals surface area contributed by atoms with Crippen molar-refractivity contribution in [1.29, 1.82) is 0 Å². The Bertz CT molecular complexity index is 1080. The van der Waals surface area contributed by atoms with Crippen LogP contribution in [0, 0.1) is 13.8 Å². The van der Waals surface area contributed by atoms with Gasteiger partial charge in [-0.05, 0) is 38.1 Å². The van der Waals surface area contributed by atoms with Crippen LogP contribution in [-0.2, 0) is 0 Å². The molecule has 0 unspecified atom stereocenters. The third kappa shape index (κ3) is 4.45. The molecule has 9 nitrogen and oxygen atoms in total. The van der Waals surface area contributed by atoms with E-state index in [1.54, 1.807) is 31.2 Å². The molecule has 0 saturated carbocycles. The van der Waals surface area contributed by atoms with Gasteiger partial charge in [-0.25, -0.2) is 0 Å². The summed E-state index contributed by atoms with van der Waals surface area (Å²) in [6, 6.07) is 9.81. The third-order valence-corrected chi connectivity index (χ3v) is 4.71. The first-order chi connectivity index (χ1) is 14.9. The Morgan fingerprint density at radius 2 is 1.55 bits per heavy atom. The normalized spacial score (nSPS) is 10.4. The van der Waals surface area contributed by atoms with Gasteiger partial charge in [0, 0.05) is 5.56 Å². The molecule has 1 aromatic heterocycles. The predicted molar refractivity (Wildman–Crippen MR) is 117 cm³/mol. The van der Waals surface area contributed by atoms with Crippen LogP contribution in [0.5, 0.6) is 17.2 Å². The van der Waals surface area contributed by atoms with Crippen LogP contribution >= 0.6 is 0 Å². The standard InChI is InChI=1S/C22H24N4O5/c1-12-19(13(2)26-25-12)24-22(28)15-8-6-7-9-16(15)23-21(27)14-10-17(29-3)20(31-5)18(11-14)30-4/h6-11H,1-5H3,(H,23,27)(H,24,28)(H,25,26). The summed E-state index contributed by atoms with van der Waals surface area (Å²) in [5, 5.41) is 12.5. The third-order valence-electron chi connectivity index (χ3n) is 4.71. The highest BCUT2D eigenvalue weighted by Crippen LogP contribution is 2.38. The van der Waals surface area contributed by atoms with Crippen LogP contribution in [0.2, 0.25) is 0 Å². The van der Waals surface area contributed by atoms with E-state index in [2.05, 4.69) is 20.8 Å². The first-order valence-corrected chi connectivity index (χ1v) is 9.42. The van der Waals surface area contributed by atoms with Crippen molar-refractivity contribution in [2.45, 2.75) is 13.8 Å². The minimum atomic E-state index is -0.435. The smallest absolute Gasteiger partial charge is 0.257 e. The van der Waals surface area contributed by atoms with Gasteiger partial charge in [0.2, 0.25) is 5.75 Å². The van der Waals surface area contributed by atoms with Gasteiger partial charge in [-0.1, -0.05) is 12.1 Å². The fourth-order valence-corrected chi connectivity index (χ4v) is 3.11. The van der Waals surface area contributed by atoms with Gasteiger partial charge < -0.3 is 24.8 Å². The van der Waals surface area contributed by atoms with E-state index >= 15 is 0 Å². The van der Waals surface area contributed by atoms with Crippen molar-refractivity contribution in [3.8, 4) is 17.2 Å². The molecule has 0 aliphatic carbocycles. The maximum Gasteiger partial charge on any atom is 0.257 e. The van der Waals surface area contributed by atoms with Gasteiger partial charge >= 0.3 is 0 Å². The lowest BCUT2D eigenvalue weighted by Crippen LogP contribution is -2.19. The fraction of sp³-hybridized carbons (Fsp3) is 0.227. The molecule has 0 saturated heterocycles. The molecule has 162 valence electrons. The van der Waals surface area contributed by atoms with Crippen LogP contribution in [0.1, 0.15) is 32.1 Å². The zero-order chi connectivity index (χ0) is 22.5. The van der Waals surface area contributed by atoms with E-state index in [1.165, 1.54) is 33.5 Å². The van der Waals surface area contributed by atoms with Crippen LogP contribution < -0.4 is 24.8 Å². The molecule has 3 N–H and O–H groups in total. The van der Waals surface area contributed by atoms with E-state index in [9.17, 15) is 9.59 Å². The summed E-state index contributed by atoms with van der Waals surface area (Å²) in [7, 11) is 4.43. The lowest BCUT2D eigenvalue weighted by Gasteiger charge is -2.15. The molecule has 9 heteroatoms. The number of aromatic nitrogens is 2. The molecular weight excluding hydrogens is 400 g/mol. The maximum absolute atomic E-state index is 12.9. The SMILES string of the molecule is COc1cc(C(=O)Nc2ccccc2C(=O)Nc2c(C)n[nH]c2C)cc(OC)c1OC. The average molecular weight is 424 g/mol. The van der Waals surface area contributed by atoms with Gasteiger partial charge in [0.15, 0.2) is 11.5 Å². The Morgan fingerprint density at radius 1 is 0.903 bits per heavy atom. The second-order valence-corrected chi connectivity index (χ2v) is 6.68. The lowest BCUT2D eigenvalue weighted by molar-refractivity contribution is 0.102. The maximum atomic E-state index is 12.9. The van der Waals surface area contributed by atoms with Crippen molar-refractivity contribution >= 4 is 23.2 Å². The molecule has 0 aliphatic heterocycles. The highest BCUT2D eigenvalue weighted by molar-refractivity contribution is 6.13. The van der Waals surface area contributed by atoms with Crippen LogP contribution in [0.3, 0.4) is 0 Å². The number of nitrogens with zero attached hydrogens (tertiary/aromatic N) is 1. The minimum Gasteiger partial charge on any atom is -0.493 e. The van der Waals surface area contributed by atoms with E-state index in [-0.39, 0.29) is 11.5 Å². The van der Waals surface area contributed by atoms with Gasteiger partial charge in [0.05, 0.1) is 49.7 Å². The topological polar surface area (TPSA) is 115 Å². The number of para-hydroxylation sites is 1. The Hall–Kier alpha value is -4.01. The summed E-state index contributed by atoms with van der Waals surface area (Å²) in [6.07, 6.45) is 0. The van der Waals surface area contributed by atoms with E-state index in [1.807, 2.05) is 6.92 Å². The Morgan fingerprint density at radius 3 is 2.10 bits per heavy atom. The molecule has 0 radical (unpaired) electrons. The number of rotatable bonds is 7. The molecular formula is C22H24N4O5. The average Bonchev–Trinajstić information content (AvgIpc) is 3.10. The summed E-state index contributed by atoms with van der Waals surface area (Å²) >= 11 is 0. The number of carbonyl (C=O) groups excluding carboxylic acids is 2. The highest BCUT2D eigenvalue weighted by Gasteiger charge is 2.20. The lowest BCUT2D eigenvalue weighted by atomic mass is 10.1. The number of hydrogen-bond donors (Lipinski definition) is 3. The number of carbonyl (C=O) groups is 2. The summed E-state index contributed by atoms with van der Waals surface area (Å²) in [6.45, 7) is 3.60. The van der Waals surface area contributed by atoms with E-state index < -0.39 is 5.91 Å². The minimum absolute atomic E-state index is 0.284. The molecule has 31 heavy (non-hydrogen) atoms. The number of hydrogen-bond acceptors (Lipinski definition) is 6. The molecule has 0 spiro atoms. The van der Waals surface area contributed by atoms with Crippen LogP contribution in [0.4, 0.5) is 11.4 Å². The van der Waals surface area contributed by atoms with E-state index in [0.717, 1.165) is 5.69 Å². The zero-order valence-corrected chi connectivity index (χ0v) is 18.0. The van der Waals surface area contributed by atoms with Gasteiger partial charge in [0.25, 0.3) is 11.8 Å². The number of ether oxygens (including phenoxy) is 3. The van der Waals surface area contributed by atoms with Crippen LogP contribution in [0.25, 0.3) is 0 Å². The van der Waals surface area contributed by atoms with Crippen molar-refractivity contribution in [3.05, 3.63) is 58.9 Å². The number of aromatic amines is 1. The van der Waals surface area contributed by atoms with E-state index in [4.69, 9.17) is 14.2 Å². The number of anilines is 2. The van der Waals surface area contributed by atoms with Crippen molar-refractivity contribution in [2.75, 3.05) is 32.0 Å². The van der Waals surface area contributed by atoms with Crippen molar-refractivity contribution in [2.24, 2.45) is 0 Å². The summed E-state index contributed by atoms with van der Waals surface area (Å²) in [5.41, 5.74) is 2.97. The molecule has 0 fully saturated rings. The summed E-state index contributed by atoms with van der Waals surface area (Å²) in [5.74, 6) is 0.281. The number of H-pyrrole nitrogens is 1. The molecule has 1 heterocycles. The van der Waals surface area contributed by atoms with Crippen LogP contribution in [0.15, 0.2) is 36.4 Å².